The van der Waals surface area contributed by atoms with Gasteiger partial charge in [0.2, 0.25) is 0 Å². The third-order valence-electron chi connectivity index (χ3n) is 6.02. The minimum atomic E-state index is -3.35. The van der Waals surface area contributed by atoms with E-state index in [-0.39, 0.29) is 5.82 Å². The summed E-state index contributed by atoms with van der Waals surface area (Å²) in [6.07, 6.45) is 5.17. The van der Waals surface area contributed by atoms with Crippen LogP contribution < -0.4 is 10.0 Å². The number of hydrogen-bond donors (Lipinski definition) is 2. The van der Waals surface area contributed by atoms with Gasteiger partial charge >= 0.3 is 0 Å². The lowest BCUT2D eigenvalue weighted by molar-refractivity contribution is 0.283. The molecule has 1 saturated carbocycles. The van der Waals surface area contributed by atoms with Crippen LogP contribution >= 0.6 is 23.1 Å². The first-order chi connectivity index (χ1) is 14.8. The van der Waals surface area contributed by atoms with Crippen LogP contribution in [0.1, 0.15) is 30.6 Å². The van der Waals surface area contributed by atoms with E-state index in [4.69, 9.17) is 4.98 Å². The number of halogens is 1. The lowest BCUT2D eigenvalue weighted by atomic mass is 9.82. The highest BCUT2D eigenvalue weighted by Crippen LogP contribution is 2.41. The Balaban J connectivity index is 1.30. The summed E-state index contributed by atoms with van der Waals surface area (Å²) >= 11 is 3.44. The van der Waals surface area contributed by atoms with Crippen molar-refractivity contribution in [2.75, 3.05) is 38.3 Å². The van der Waals surface area contributed by atoms with Crippen LogP contribution in [0.15, 0.2) is 23.1 Å². The lowest BCUT2D eigenvalue weighted by Crippen LogP contribution is -2.39. The van der Waals surface area contributed by atoms with Gasteiger partial charge in [-0.25, -0.2) is 14.1 Å². The van der Waals surface area contributed by atoms with Crippen molar-refractivity contribution in [2.45, 2.75) is 37.0 Å². The largest absolute Gasteiger partial charge is 0.361 e. The zero-order chi connectivity index (χ0) is 22.0. The Morgan fingerprint density at radius 2 is 1.87 bits per heavy atom. The molecule has 2 heterocycles. The number of aromatic nitrogens is 1. The normalized spacial score (nSPS) is 21.4. The summed E-state index contributed by atoms with van der Waals surface area (Å²) in [5.41, 5.74) is 1.83. The maximum Gasteiger partial charge on any atom is 0.278 e. The second-order valence-corrected chi connectivity index (χ2v) is 12.6. The van der Waals surface area contributed by atoms with Gasteiger partial charge in [-0.2, -0.15) is 12.7 Å². The Hall–Kier alpha value is -1.20. The summed E-state index contributed by atoms with van der Waals surface area (Å²) in [7, 11) is -0.269. The molecule has 1 aliphatic heterocycles. The Bertz CT molecular complexity index is 1020. The number of aryl methyl sites for hydroxylation is 1. The molecule has 1 aromatic heterocycles. The molecule has 0 unspecified atom stereocenters. The van der Waals surface area contributed by atoms with E-state index in [0.717, 1.165) is 65.7 Å². The number of thioether (sulfide) groups is 1. The minimum absolute atomic E-state index is 0.223. The molecular formula is C21H29FN4O2S3. The minimum Gasteiger partial charge on any atom is -0.361 e. The molecule has 6 nitrogen and oxygen atoms in total. The van der Waals surface area contributed by atoms with Crippen molar-refractivity contribution >= 4 is 38.4 Å². The first-order valence-corrected chi connectivity index (χ1v) is 13.9. The van der Waals surface area contributed by atoms with Gasteiger partial charge in [0.25, 0.3) is 10.2 Å². The Morgan fingerprint density at radius 3 is 2.58 bits per heavy atom. The quantitative estimate of drug-likeness (QED) is 0.616. The fraction of sp³-hybridized carbons (Fsp3) is 0.571. The molecule has 10 heteroatoms. The predicted octanol–water partition coefficient (Wildman–Crippen LogP) is 4.21. The smallest absolute Gasteiger partial charge is 0.278 e. The molecule has 4 rings (SSSR count). The second-order valence-electron chi connectivity index (χ2n) is 8.43. The van der Waals surface area contributed by atoms with Crippen molar-refractivity contribution in [3.8, 4) is 11.3 Å². The Morgan fingerprint density at radius 1 is 1.16 bits per heavy atom. The SMILES string of the molecule is CN(C)S(=O)(=O)NCC1CCC(CNc2nc3c(s2)CCSc2ccc(F)cc2-3)CC1. The van der Waals surface area contributed by atoms with Crippen molar-refractivity contribution in [1.82, 2.24) is 14.0 Å². The molecule has 2 aromatic rings. The number of rotatable bonds is 7. The van der Waals surface area contributed by atoms with Crippen LogP contribution in [0.25, 0.3) is 11.3 Å². The molecule has 1 aromatic carbocycles. The van der Waals surface area contributed by atoms with E-state index in [0.29, 0.717) is 18.4 Å². The number of fused-ring (bicyclic) bond motifs is 3. The highest BCUT2D eigenvalue weighted by atomic mass is 32.2. The predicted molar refractivity (Wildman–Crippen MR) is 126 cm³/mol. The van der Waals surface area contributed by atoms with Gasteiger partial charge in [0.05, 0.1) is 5.69 Å². The fourth-order valence-corrected chi connectivity index (χ4v) is 6.92. The average Bonchev–Trinajstić information content (AvgIpc) is 3.08. The van der Waals surface area contributed by atoms with E-state index in [1.54, 1.807) is 29.2 Å². The summed E-state index contributed by atoms with van der Waals surface area (Å²) in [4.78, 5) is 7.13. The zero-order valence-electron chi connectivity index (χ0n) is 17.9. The van der Waals surface area contributed by atoms with Crippen LogP contribution in [0.5, 0.6) is 0 Å². The van der Waals surface area contributed by atoms with E-state index in [9.17, 15) is 12.8 Å². The van der Waals surface area contributed by atoms with Crippen LogP contribution in [0, 0.1) is 17.7 Å². The average molecular weight is 485 g/mol. The summed E-state index contributed by atoms with van der Waals surface area (Å²) in [6.45, 7) is 1.38. The molecule has 0 atom stereocenters. The molecule has 170 valence electrons. The maximum absolute atomic E-state index is 13.8. The van der Waals surface area contributed by atoms with E-state index in [2.05, 4.69) is 10.0 Å². The van der Waals surface area contributed by atoms with Gasteiger partial charge in [-0.3, -0.25) is 0 Å². The number of thiazole rings is 1. The van der Waals surface area contributed by atoms with Crippen molar-refractivity contribution in [1.29, 1.82) is 0 Å². The van der Waals surface area contributed by atoms with Gasteiger partial charge in [-0.1, -0.05) is 0 Å². The van der Waals surface area contributed by atoms with Crippen LogP contribution in [0.2, 0.25) is 0 Å². The monoisotopic (exact) mass is 484 g/mol. The number of nitrogens with zero attached hydrogens (tertiary/aromatic N) is 2. The van der Waals surface area contributed by atoms with Crippen LogP contribution in [-0.2, 0) is 16.6 Å². The number of anilines is 1. The summed E-state index contributed by atoms with van der Waals surface area (Å²) < 4.78 is 41.5. The first-order valence-electron chi connectivity index (χ1n) is 10.6. The molecule has 0 bridgehead atoms. The lowest BCUT2D eigenvalue weighted by Gasteiger charge is -2.29. The van der Waals surface area contributed by atoms with Gasteiger partial charge in [-0.15, -0.1) is 23.1 Å². The molecular weight excluding hydrogens is 455 g/mol. The van der Waals surface area contributed by atoms with Crippen LogP contribution in [-0.4, -0.2) is 50.6 Å². The van der Waals surface area contributed by atoms with Gasteiger partial charge < -0.3 is 5.32 Å². The molecule has 2 N–H and O–H groups in total. The van der Waals surface area contributed by atoms with Crippen molar-refractivity contribution in [2.24, 2.45) is 11.8 Å². The fourth-order valence-electron chi connectivity index (χ4n) is 4.10. The molecule has 1 fully saturated rings. The third-order valence-corrected chi connectivity index (χ3v) is 9.67. The van der Waals surface area contributed by atoms with Gasteiger partial charge in [-0.05, 0) is 62.1 Å². The Kier molecular flexibility index (Phi) is 7.22. The summed E-state index contributed by atoms with van der Waals surface area (Å²) in [6, 6.07) is 4.97. The summed E-state index contributed by atoms with van der Waals surface area (Å²) in [5, 5.41) is 4.42. The molecule has 2 aliphatic rings. The van der Waals surface area contributed by atoms with Gasteiger partial charge in [0.1, 0.15) is 5.82 Å². The number of hydrogen-bond acceptors (Lipinski definition) is 6. The molecule has 0 spiro atoms. The molecule has 1 aliphatic carbocycles. The zero-order valence-corrected chi connectivity index (χ0v) is 20.3. The standard InChI is InChI=1S/C21H29FN4O2S3/c1-26(2)31(27,28)24-13-15-5-3-14(4-6-15)12-23-21-25-20-17-11-16(22)7-8-18(17)29-10-9-19(20)30-21/h7-8,11,14-15,24H,3-6,9-10,12-13H2,1-2H3,(H,23,25). The highest BCUT2D eigenvalue weighted by Gasteiger charge is 2.24. The molecule has 0 radical (unpaired) electrons. The van der Waals surface area contributed by atoms with E-state index < -0.39 is 10.2 Å². The molecule has 0 saturated heterocycles. The molecule has 0 amide bonds. The maximum atomic E-state index is 13.8. The Labute approximate surface area is 192 Å². The van der Waals surface area contributed by atoms with E-state index >= 15 is 0 Å². The van der Waals surface area contributed by atoms with E-state index in [1.807, 2.05) is 6.07 Å². The third kappa shape index (κ3) is 5.60. The molecule has 31 heavy (non-hydrogen) atoms. The number of nitrogens with one attached hydrogen (secondary N) is 2. The highest BCUT2D eigenvalue weighted by molar-refractivity contribution is 7.99. The first kappa shape index (κ1) is 23.0. The van der Waals surface area contributed by atoms with E-state index in [1.165, 1.54) is 29.3 Å². The number of benzene rings is 1. The van der Waals surface area contributed by atoms with Crippen molar-refractivity contribution < 1.29 is 12.8 Å². The van der Waals surface area contributed by atoms with Gasteiger partial charge in [0, 0.05) is 48.3 Å². The summed E-state index contributed by atoms with van der Waals surface area (Å²) in [5.74, 6) is 1.71. The van der Waals surface area contributed by atoms with Crippen molar-refractivity contribution in [3.05, 3.63) is 28.9 Å². The van der Waals surface area contributed by atoms with Crippen LogP contribution in [0.3, 0.4) is 0 Å². The van der Waals surface area contributed by atoms with Gasteiger partial charge in [0.15, 0.2) is 5.13 Å². The second kappa shape index (κ2) is 9.74. The topological polar surface area (TPSA) is 74.3 Å². The van der Waals surface area contributed by atoms with Crippen molar-refractivity contribution in [3.63, 3.8) is 0 Å². The van der Waals surface area contributed by atoms with Crippen LogP contribution in [0.4, 0.5) is 9.52 Å².